The molecule has 320 valence electrons. The predicted octanol–water partition coefficient (Wildman–Crippen LogP) is 14.8. The molecule has 0 spiro atoms. The van der Waals surface area contributed by atoms with Gasteiger partial charge >= 0.3 is 17.9 Å². The molecule has 0 aliphatic rings. The van der Waals surface area contributed by atoms with Crippen LogP contribution in [0.5, 0.6) is 0 Å². The van der Waals surface area contributed by atoms with Gasteiger partial charge in [0, 0.05) is 19.3 Å². The predicted molar refractivity (Wildman–Crippen MR) is 229 cm³/mol. The fourth-order valence-corrected chi connectivity index (χ4v) is 6.96. The third-order valence-electron chi connectivity index (χ3n) is 11.7. The highest BCUT2D eigenvalue weighted by Crippen LogP contribution is 2.18. The van der Waals surface area contributed by atoms with Crippen molar-refractivity contribution in [1.82, 2.24) is 0 Å². The number of hydrogen-bond donors (Lipinski definition) is 0. The number of rotatable bonds is 41. The summed E-state index contributed by atoms with van der Waals surface area (Å²) in [7, 11) is 0. The molecule has 54 heavy (non-hydrogen) atoms. The van der Waals surface area contributed by atoms with E-state index in [1.807, 2.05) is 0 Å². The first-order chi connectivity index (χ1) is 26.2. The Hall–Kier alpha value is -1.59. The zero-order valence-corrected chi connectivity index (χ0v) is 37.0. The van der Waals surface area contributed by atoms with Gasteiger partial charge < -0.3 is 14.2 Å². The van der Waals surface area contributed by atoms with Crippen LogP contribution >= 0.6 is 0 Å². The Morgan fingerprint density at radius 2 is 0.593 bits per heavy atom. The van der Waals surface area contributed by atoms with Gasteiger partial charge in [0.05, 0.1) is 0 Å². The molecule has 0 N–H and O–H groups in total. The topological polar surface area (TPSA) is 78.9 Å². The van der Waals surface area contributed by atoms with E-state index in [1.54, 1.807) is 0 Å². The maximum Gasteiger partial charge on any atom is 0.306 e. The van der Waals surface area contributed by atoms with Gasteiger partial charge in [-0.25, -0.2) is 0 Å². The molecule has 0 aliphatic heterocycles. The summed E-state index contributed by atoms with van der Waals surface area (Å²) in [6, 6.07) is 0. The van der Waals surface area contributed by atoms with Crippen LogP contribution in [0.15, 0.2) is 0 Å². The third kappa shape index (κ3) is 37.3. The lowest BCUT2D eigenvalue weighted by Gasteiger charge is -2.18. The Morgan fingerprint density at radius 3 is 0.870 bits per heavy atom. The van der Waals surface area contributed by atoms with Gasteiger partial charge in [0.2, 0.25) is 0 Å². The largest absolute Gasteiger partial charge is 0.462 e. The van der Waals surface area contributed by atoms with E-state index in [2.05, 4.69) is 41.5 Å². The summed E-state index contributed by atoms with van der Waals surface area (Å²) in [5.41, 5.74) is 0. The highest BCUT2D eigenvalue weighted by atomic mass is 16.6. The van der Waals surface area contributed by atoms with E-state index in [1.165, 1.54) is 135 Å². The van der Waals surface area contributed by atoms with Crippen LogP contribution in [0.4, 0.5) is 0 Å². The second kappa shape index (κ2) is 39.6. The van der Waals surface area contributed by atoms with Crippen molar-refractivity contribution in [3.05, 3.63) is 0 Å². The maximum absolute atomic E-state index is 12.7. The molecule has 0 saturated heterocycles. The van der Waals surface area contributed by atoms with Gasteiger partial charge in [-0.1, -0.05) is 215 Å². The Kier molecular flexibility index (Phi) is 38.5. The molecule has 4 atom stereocenters. The minimum absolute atomic E-state index is 0.0667. The first-order valence-corrected chi connectivity index (χ1v) is 23.7. The van der Waals surface area contributed by atoms with Crippen LogP contribution in [0, 0.1) is 17.8 Å². The molecule has 0 heterocycles. The van der Waals surface area contributed by atoms with Crippen molar-refractivity contribution < 1.29 is 28.6 Å². The highest BCUT2D eigenvalue weighted by Gasteiger charge is 2.19. The smallest absolute Gasteiger partial charge is 0.306 e. The Balaban J connectivity index is 4.36. The van der Waals surface area contributed by atoms with E-state index in [9.17, 15) is 14.4 Å². The van der Waals surface area contributed by atoms with Crippen LogP contribution in [0.25, 0.3) is 0 Å². The van der Waals surface area contributed by atoms with Gasteiger partial charge in [-0.15, -0.1) is 0 Å². The zero-order chi connectivity index (χ0) is 39.9. The molecule has 0 radical (unpaired) electrons. The van der Waals surface area contributed by atoms with E-state index < -0.39 is 6.10 Å². The SMILES string of the molecule is CCC(C)CCCCCCCCCCCCC(=O)O[C@@H](COC(=O)CCCCCCCCCCC(C)CC)COC(=O)CCCCCCCCC(C)CC. The molecule has 0 aromatic carbocycles. The van der Waals surface area contributed by atoms with Crippen LogP contribution in [-0.2, 0) is 28.6 Å². The van der Waals surface area contributed by atoms with Crippen molar-refractivity contribution in [2.45, 2.75) is 260 Å². The number of carbonyl (C=O) groups excluding carboxylic acids is 3. The minimum Gasteiger partial charge on any atom is -0.462 e. The Morgan fingerprint density at radius 1 is 0.352 bits per heavy atom. The summed E-state index contributed by atoms with van der Waals surface area (Å²) in [5, 5.41) is 0. The summed E-state index contributed by atoms with van der Waals surface area (Å²) in [6.07, 6.45) is 36.5. The normalized spacial score (nSPS) is 13.7. The Labute approximate surface area is 336 Å². The van der Waals surface area contributed by atoms with Crippen molar-refractivity contribution >= 4 is 17.9 Å². The summed E-state index contributed by atoms with van der Waals surface area (Å²) >= 11 is 0. The zero-order valence-electron chi connectivity index (χ0n) is 37.0. The summed E-state index contributed by atoms with van der Waals surface area (Å²) in [5.74, 6) is 1.67. The van der Waals surface area contributed by atoms with Crippen LogP contribution in [-0.4, -0.2) is 37.2 Å². The first-order valence-electron chi connectivity index (χ1n) is 23.7. The van der Waals surface area contributed by atoms with Gasteiger partial charge in [-0.05, 0) is 37.0 Å². The molecule has 0 aromatic rings. The van der Waals surface area contributed by atoms with E-state index in [0.29, 0.717) is 19.3 Å². The number of esters is 3. The van der Waals surface area contributed by atoms with Gasteiger partial charge in [-0.2, -0.15) is 0 Å². The monoisotopic (exact) mass is 765 g/mol. The van der Waals surface area contributed by atoms with Crippen LogP contribution in [0.1, 0.15) is 253 Å². The van der Waals surface area contributed by atoms with Crippen molar-refractivity contribution in [2.24, 2.45) is 17.8 Å². The van der Waals surface area contributed by atoms with Crippen LogP contribution in [0.3, 0.4) is 0 Å². The van der Waals surface area contributed by atoms with E-state index >= 15 is 0 Å². The van der Waals surface area contributed by atoms with Crippen molar-refractivity contribution in [2.75, 3.05) is 13.2 Å². The maximum atomic E-state index is 12.7. The van der Waals surface area contributed by atoms with Crippen LogP contribution < -0.4 is 0 Å². The molecule has 0 rings (SSSR count). The number of hydrogen-bond acceptors (Lipinski definition) is 6. The number of ether oxygens (including phenoxy) is 3. The number of unbranched alkanes of at least 4 members (excludes halogenated alkanes) is 21. The third-order valence-corrected chi connectivity index (χ3v) is 11.7. The lowest BCUT2D eigenvalue weighted by atomic mass is 9.99. The average Bonchev–Trinajstić information content (AvgIpc) is 3.17. The van der Waals surface area contributed by atoms with E-state index in [4.69, 9.17) is 14.2 Å². The molecule has 0 saturated carbocycles. The average molecular weight is 765 g/mol. The summed E-state index contributed by atoms with van der Waals surface area (Å²) < 4.78 is 16.7. The fourth-order valence-electron chi connectivity index (χ4n) is 6.96. The summed E-state index contributed by atoms with van der Waals surface area (Å²) in [6.45, 7) is 13.7. The summed E-state index contributed by atoms with van der Waals surface area (Å²) in [4.78, 5) is 37.8. The molecule has 0 aliphatic carbocycles. The number of carbonyl (C=O) groups is 3. The molecule has 0 bridgehead atoms. The van der Waals surface area contributed by atoms with Crippen molar-refractivity contribution in [3.8, 4) is 0 Å². The molecule has 0 amide bonds. The molecule has 0 fully saturated rings. The second-order valence-corrected chi connectivity index (χ2v) is 17.1. The van der Waals surface area contributed by atoms with Crippen LogP contribution in [0.2, 0.25) is 0 Å². The van der Waals surface area contributed by atoms with Gasteiger partial charge in [0.1, 0.15) is 13.2 Å². The lowest BCUT2D eigenvalue weighted by molar-refractivity contribution is -0.167. The van der Waals surface area contributed by atoms with Crippen molar-refractivity contribution in [3.63, 3.8) is 0 Å². The molecular formula is C48H92O6. The molecular weight excluding hydrogens is 673 g/mol. The van der Waals surface area contributed by atoms with Crippen molar-refractivity contribution in [1.29, 1.82) is 0 Å². The van der Waals surface area contributed by atoms with Gasteiger partial charge in [0.15, 0.2) is 6.10 Å². The van der Waals surface area contributed by atoms with Gasteiger partial charge in [-0.3, -0.25) is 14.4 Å². The molecule has 6 heteroatoms. The molecule has 3 unspecified atom stereocenters. The first kappa shape index (κ1) is 52.4. The second-order valence-electron chi connectivity index (χ2n) is 17.1. The standard InChI is InChI=1S/C48H92O6/c1-7-42(4)34-28-22-16-12-10-11-13-19-27-33-39-48(51)54-45(41-53-47(50)38-32-26-21-20-24-30-36-44(6)9-3)40-52-46(49)37-31-25-18-15-14-17-23-29-35-43(5)8-2/h42-45H,7-41H2,1-6H3/t42?,43?,44?,45-/m0/s1. The molecule has 0 aromatic heterocycles. The Bertz CT molecular complexity index is 843. The fraction of sp³-hybridized carbons (Fsp3) is 0.938. The molecule has 6 nitrogen and oxygen atoms in total. The lowest BCUT2D eigenvalue weighted by Crippen LogP contribution is -2.30. The highest BCUT2D eigenvalue weighted by molar-refractivity contribution is 5.71. The minimum atomic E-state index is -0.763. The van der Waals surface area contributed by atoms with Gasteiger partial charge in [0.25, 0.3) is 0 Å². The van der Waals surface area contributed by atoms with E-state index in [0.717, 1.165) is 75.5 Å². The van der Waals surface area contributed by atoms with E-state index in [-0.39, 0.29) is 31.1 Å². The quantitative estimate of drug-likeness (QED) is 0.0350.